The fourth-order valence-corrected chi connectivity index (χ4v) is 3.19. The molecule has 0 heterocycles. The molecule has 0 saturated heterocycles. The van der Waals surface area contributed by atoms with E-state index in [-0.39, 0.29) is 17.9 Å². The summed E-state index contributed by atoms with van der Waals surface area (Å²) in [6, 6.07) is 8.00. The first-order chi connectivity index (χ1) is 11.0. The van der Waals surface area contributed by atoms with Crippen LogP contribution in [0.3, 0.4) is 0 Å². The van der Waals surface area contributed by atoms with E-state index in [2.05, 4.69) is 10.6 Å². The molecule has 1 unspecified atom stereocenters. The number of hydrogen-bond donors (Lipinski definition) is 2. The number of hydrogen-bond acceptors (Lipinski definition) is 2. The molecule has 4 nitrogen and oxygen atoms in total. The van der Waals surface area contributed by atoms with Gasteiger partial charge in [0.1, 0.15) is 0 Å². The minimum atomic E-state index is -0.265. The highest BCUT2D eigenvalue weighted by atomic mass is 16.2. The Labute approximate surface area is 139 Å². The van der Waals surface area contributed by atoms with Gasteiger partial charge in [0.2, 0.25) is 11.8 Å². The van der Waals surface area contributed by atoms with Gasteiger partial charge in [0.25, 0.3) is 0 Å². The van der Waals surface area contributed by atoms with Gasteiger partial charge in [0, 0.05) is 13.0 Å². The van der Waals surface area contributed by atoms with Gasteiger partial charge in [-0.1, -0.05) is 55.5 Å². The maximum Gasteiger partial charge on any atom is 0.222 e. The summed E-state index contributed by atoms with van der Waals surface area (Å²) >= 11 is 0. The largest absolute Gasteiger partial charge is 0.353 e. The Kier molecular flexibility index (Phi) is 6.63. The van der Waals surface area contributed by atoms with Crippen LogP contribution in [0.2, 0.25) is 0 Å². The maximum atomic E-state index is 12.4. The van der Waals surface area contributed by atoms with Crippen molar-refractivity contribution in [1.29, 1.82) is 0 Å². The molecule has 4 heteroatoms. The lowest BCUT2D eigenvalue weighted by molar-refractivity contribution is -0.123. The Hall–Kier alpha value is -1.84. The third-order valence-electron chi connectivity index (χ3n) is 4.47. The zero-order valence-electron chi connectivity index (χ0n) is 14.2. The average Bonchev–Trinajstić information content (AvgIpc) is 2.75. The van der Waals surface area contributed by atoms with E-state index in [0.717, 1.165) is 18.4 Å². The Balaban J connectivity index is 1.97. The zero-order valence-corrected chi connectivity index (χ0v) is 14.2. The van der Waals surface area contributed by atoms with E-state index in [1.54, 1.807) is 0 Å². The van der Waals surface area contributed by atoms with E-state index in [9.17, 15) is 9.59 Å². The summed E-state index contributed by atoms with van der Waals surface area (Å²) < 4.78 is 0. The molecule has 0 bridgehead atoms. The molecule has 23 heavy (non-hydrogen) atoms. The molecule has 2 N–H and O–H groups in total. The normalized spacial score (nSPS) is 17.1. The third kappa shape index (κ3) is 6.05. The number of aryl methyl sites for hydroxylation is 1. The van der Waals surface area contributed by atoms with Gasteiger partial charge in [0.05, 0.1) is 12.5 Å². The zero-order chi connectivity index (χ0) is 16.7. The Morgan fingerprint density at radius 1 is 1.09 bits per heavy atom. The van der Waals surface area contributed by atoms with E-state index >= 15 is 0 Å². The summed E-state index contributed by atoms with van der Waals surface area (Å²) in [5, 5.41) is 6.05. The van der Waals surface area contributed by atoms with Crippen molar-refractivity contribution in [3.63, 3.8) is 0 Å². The summed E-state index contributed by atoms with van der Waals surface area (Å²) in [5.41, 5.74) is 2.14. The van der Waals surface area contributed by atoms with E-state index < -0.39 is 0 Å². The molecule has 0 spiro atoms. The Morgan fingerprint density at radius 3 is 2.26 bits per heavy atom. The second kappa shape index (κ2) is 8.70. The van der Waals surface area contributed by atoms with Gasteiger partial charge in [0.15, 0.2) is 0 Å². The van der Waals surface area contributed by atoms with Crippen molar-refractivity contribution in [2.75, 3.05) is 0 Å². The van der Waals surface area contributed by atoms with Crippen LogP contribution >= 0.6 is 0 Å². The summed E-state index contributed by atoms with van der Waals surface area (Å²) in [5.74, 6) is -0.0888. The molecule has 1 aliphatic rings. The van der Waals surface area contributed by atoms with Crippen LogP contribution in [0.25, 0.3) is 0 Å². The van der Waals surface area contributed by atoms with E-state index in [1.807, 2.05) is 31.2 Å². The van der Waals surface area contributed by atoms with Crippen LogP contribution in [-0.4, -0.2) is 17.9 Å². The van der Waals surface area contributed by atoms with Crippen LogP contribution in [0.5, 0.6) is 0 Å². The molecule has 0 aromatic heterocycles. The quantitative estimate of drug-likeness (QED) is 0.818. The highest BCUT2D eigenvalue weighted by Crippen LogP contribution is 2.20. The van der Waals surface area contributed by atoms with Gasteiger partial charge in [-0.05, 0) is 25.3 Å². The fourth-order valence-electron chi connectivity index (χ4n) is 3.19. The predicted molar refractivity (Wildman–Crippen MR) is 92.0 cm³/mol. The molecule has 2 rings (SSSR count). The van der Waals surface area contributed by atoms with Gasteiger partial charge in [-0.2, -0.15) is 0 Å². The lowest BCUT2D eigenvalue weighted by Gasteiger charge is -2.21. The lowest BCUT2D eigenvalue weighted by Crippen LogP contribution is -2.37. The summed E-state index contributed by atoms with van der Waals surface area (Å²) in [7, 11) is 0. The molecular weight excluding hydrogens is 288 g/mol. The van der Waals surface area contributed by atoms with Crippen LogP contribution in [-0.2, 0) is 9.59 Å². The average molecular weight is 316 g/mol. The molecule has 2 amide bonds. The SMILES string of the molecule is CC(=O)NC(CC(=O)NC1CCCCCC1)c1ccc(C)cc1. The Bertz CT molecular complexity index is 517. The second-order valence-corrected chi connectivity index (χ2v) is 6.62. The standard InChI is InChI=1S/C19H28N2O2/c1-14-9-11-16(12-10-14)18(20-15(2)22)13-19(23)21-17-7-5-3-4-6-8-17/h9-12,17-18H,3-8,13H2,1-2H3,(H,20,22)(H,21,23). The van der Waals surface area contributed by atoms with Crippen LogP contribution in [0, 0.1) is 6.92 Å². The molecular formula is C19H28N2O2. The minimum absolute atomic E-state index is 0.0243. The van der Waals surface area contributed by atoms with Crippen molar-refractivity contribution in [3.05, 3.63) is 35.4 Å². The van der Waals surface area contributed by atoms with Crippen molar-refractivity contribution in [2.45, 2.75) is 70.9 Å². The first kappa shape index (κ1) is 17.5. The molecule has 0 aliphatic heterocycles. The van der Waals surface area contributed by atoms with Gasteiger partial charge in [-0.15, -0.1) is 0 Å². The number of rotatable bonds is 5. The van der Waals surface area contributed by atoms with Gasteiger partial charge in [-0.25, -0.2) is 0 Å². The van der Waals surface area contributed by atoms with Crippen LogP contribution in [0.4, 0.5) is 0 Å². The fraction of sp³-hybridized carbons (Fsp3) is 0.579. The van der Waals surface area contributed by atoms with Crippen molar-refractivity contribution < 1.29 is 9.59 Å². The molecule has 1 aliphatic carbocycles. The topological polar surface area (TPSA) is 58.2 Å². The highest BCUT2D eigenvalue weighted by Gasteiger charge is 2.20. The van der Waals surface area contributed by atoms with E-state index in [1.165, 1.54) is 38.2 Å². The molecule has 1 atom stereocenters. The minimum Gasteiger partial charge on any atom is -0.353 e. The Morgan fingerprint density at radius 2 is 1.70 bits per heavy atom. The first-order valence-electron chi connectivity index (χ1n) is 8.67. The molecule has 1 aromatic carbocycles. The molecule has 1 saturated carbocycles. The number of benzene rings is 1. The van der Waals surface area contributed by atoms with Crippen LogP contribution in [0.1, 0.15) is 69.0 Å². The highest BCUT2D eigenvalue weighted by molar-refractivity contribution is 5.79. The number of carbonyl (C=O) groups is 2. The number of nitrogens with one attached hydrogen (secondary N) is 2. The lowest BCUT2D eigenvalue weighted by atomic mass is 10.0. The molecule has 0 radical (unpaired) electrons. The smallest absolute Gasteiger partial charge is 0.222 e. The monoisotopic (exact) mass is 316 g/mol. The molecule has 126 valence electrons. The number of carbonyl (C=O) groups excluding carboxylic acids is 2. The second-order valence-electron chi connectivity index (χ2n) is 6.62. The summed E-state index contributed by atoms with van der Waals surface area (Å²) in [6.07, 6.45) is 7.35. The summed E-state index contributed by atoms with van der Waals surface area (Å²) in [6.45, 7) is 3.51. The van der Waals surface area contributed by atoms with Gasteiger partial charge >= 0.3 is 0 Å². The van der Waals surface area contributed by atoms with Crippen molar-refractivity contribution in [3.8, 4) is 0 Å². The van der Waals surface area contributed by atoms with Crippen molar-refractivity contribution in [1.82, 2.24) is 10.6 Å². The van der Waals surface area contributed by atoms with E-state index in [4.69, 9.17) is 0 Å². The van der Waals surface area contributed by atoms with Crippen molar-refractivity contribution >= 4 is 11.8 Å². The van der Waals surface area contributed by atoms with Crippen LogP contribution < -0.4 is 10.6 Å². The van der Waals surface area contributed by atoms with Gasteiger partial charge < -0.3 is 10.6 Å². The number of amides is 2. The summed E-state index contributed by atoms with van der Waals surface area (Å²) in [4.78, 5) is 23.9. The van der Waals surface area contributed by atoms with Gasteiger partial charge in [-0.3, -0.25) is 9.59 Å². The first-order valence-corrected chi connectivity index (χ1v) is 8.67. The predicted octanol–water partition coefficient (Wildman–Crippen LogP) is 3.40. The van der Waals surface area contributed by atoms with Crippen molar-refractivity contribution in [2.24, 2.45) is 0 Å². The van der Waals surface area contributed by atoms with Crippen LogP contribution in [0.15, 0.2) is 24.3 Å². The van der Waals surface area contributed by atoms with E-state index in [0.29, 0.717) is 12.5 Å². The molecule has 1 aromatic rings. The molecule has 1 fully saturated rings. The third-order valence-corrected chi connectivity index (χ3v) is 4.47. The maximum absolute atomic E-state index is 12.4.